The van der Waals surface area contributed by atoms with Gasteiger partial charge in [-0.25, -0.2) is 5.84 Å². The summed E-state index contributed by atoms with van der Waals surface area (Å²) in [7, 11) is 0. The van der Waals surface area contributed by atoms with Gasteiger partial charge in [0.05, 0.1) is 27.6 Å². The van der Waals surface area contributed by atoms with E-state index in [2.05, 4.69) is 10.5 Å². The number of nitrogens with zero attached hydrogens (tertiary/aromatic N) is 2. The molecule has 7 N–H and O–H groups in total. The van der Waals surface area contributed by atoms with E-state index in [0.717, 1.165) is 5.01 Å². The van der Waals surface area contributed by atoms with Crippen molar-refractivity contribution in [2.45, 2.75) is 30.5 Å². The molecule has 1 unspecified atom stereocenters. The molecule has 9 heteroatoms. The summed E-state index contributed by atoms with van der Waals surface area (Å²) < 4.78 is 5.35. The fourth-order valence-electron chi connectivity index (χ4n) is 4.00. The maximum absolute atomic E-state index is 13.0. The van der Waals surface area contributed by atoms with E-state index >= 15 is 0 Å². The molecule has 1 aliphatic heterocycles. The number of aromatic nitrogens is 1. The summed E-state index contributed by atoms with van der Waals surface area (Å²) in [4.78, 5) is 13.0. The Morgan fingerprint density at radius 1 is 1.40 bits per heavy atom. The van der Waals surface area contributed by atoms with Crippen LogP contribution in [0.5, 0.6) is 0 Å². The number of nitrogens with one attached hydrogen (secondary N) is 1. The van der Waals surface area contributed by atoms with Crippen LogP contribution in [0, 0.1) is 5.92 Å². The van der Waals surface area contributed by atoms with Crippen molar-refractivity contribution in [2.24, 2.45) is 23.2 Å². The van der Waals surface area contributed by atoms with Crippen molar-refractivity contribution in [3.8, 4) is 0 Å². The molecule has 1 saturated carbocycles. The number of halogens is 1. The van der Waals surface area contributed by atoms with Crippen molar-refractivity contribution in [3.63, 3.8) is 0 Å². The van der Waals surface area contributed by atoms with Gasteiger partial charge in [-0.2, -0.15) is 0 Å². The molecule has 134 valence electrons. The van der Waals surface area contributed by atoms with Gasteiger partial charge in [0, 0.05) is 18.5 Å². The average Bonchev–Trinajstić information content (AvgIpc) is 2.91. The zero-order valence-corrected chi connectivity index (χ0v) is 14.8. The highest BCUT2D eigenvalue weighted by Gasteiger charge is 2.79. The summed E-state index contributed by atoms with van der Waals surface area (Å²) in [6.07, 6.45) is 0. The summed E-state index contributed by atoms with van der Waals surface area (Å²) in [5, 5.41) is 9.56. The van der Waals surface area contributed by atoms with Crippen molar-refractivity contribution < 1.29 is 9.32 Å². The molecule has 2 fully saturated rings. The van der Waals surface area contributed by atoms with Crippen molar-refractivity contribution in [1.29, 1.82) is 0 Å². The number of fused-ring (bicyclic) bond motifs is 2. The highest BCUT2D eigenvalue weighted by atomic mass is 35.5. The van der Waals surface area contributed by atoms with Crippen molar-refractivity contribution in [1.82, 2.24) is 15.5 Å². The molecule has 1 aromatic heterocycles. The van der Waals surface area contributed by atoms with Crippen molar-refractivity contribution in [2.75, 3.05) is 13.1 Å². The molecular weight excluding hydrogens is 344 g/mol. The van der Waals surface area contributed by atoms with Gasteiger partial charge in [0.25, 0.3) is 0 Å². The minimum absolute atomic E-state index is 0.297. The fourth-order valence-corrected chi connectivity index (χ4v) is 4.21. The van der Waals surface area contributed by atoms with Gasteiger partial charge in [-0.1, -0.05) is 22.8 Å². The zero-order chi connectivity index (χ0) is 18.2. The van der Waals surface area contributed by atoms with Crippen molar-refractivity contribution in [3.05, 3.63) is 28.9 Å². The van der Waals surface area contributed by atoms with Crippen LogP contribution in [0.3, 0.4) is 0 Å². The van der Waals surface area contributed by atoms with Crippen LogP contribution in [0.4, 0.5) is 0 Å². The Morgan fingerprint density at radius 2 is 2.04 bits per heavy atom. The van der Waals surface area contributed by atoms with Crippen LogP contribution < -0.4 is 22.6 Å². The van der Waals surface area contributed by atoms with Gasteiger partial charge in [-0.3, -0.25) is 9.80 Å². The number of para-hydroxylation sites is 1. The molecular formula is C16H21ClN6O2. The molecule has 8 nitrogen and oxygen atoms in total. The minimum Gasteiger partial charge on any atom is -0.354 e. The smallest absolute Gasteiger partial charge is 0.244 e. The minimum atomic E-state index is -0.927. The van der Waals surface area contributed by atoms with Crippen molar-refractivity contribution >= 4 is 28.5 Å². The first-order chi connectivity index (χ1) is 11.6. The second-order valence-corrected chi connectivity index (χ2v) is 7.94. The van der Waals surface area contributed by atoms with Gasteiger partial charge >= 0.3 is 0 Å². The Balaban J connectivity index is 1.68. The fraction of sp³-hybridized carbons (Fsp3) is 0.500. The standard InChI is InChI=1S/C16H21ClN6O2/c1-14(2,12-8-4-3-5-9(17)10(8)25-22-12)23(20)13(24)11-15(18)6-21-7-16(11,15)19/h3-5,11,21H,6-7,18-20H2,1-2H3/t11?,15-,16+. The average molecular weight is 365 g/mol. The van der Waals surface area contributed by atoms with E-state index in [1.165, 1.54) is 0 Å². The number of hydrogen-bond donors (Lipinski definition) is 4. The van der Waals surface area contributed by atoms with Gasteiger partial charge in [-0.15, -0.1) is 0 Å². The first-order valence-corrected chi connectivity index (χ1v) is 8.44. The third kappa shape index (κ3) is 1.97. The lowest BCUT2D eigenvalue weighted by atomic mass is 9.95. The summed E-state index contributed by atoms with van der Waals surface area (Å²) in [5.74, 6) is 5.40. The monoisotopic (exact) mass is 364 g/mol. The third-order valence-electron chi connectivity index (χ3n) is 5.77. The van der Waals surface area contributed by atoms with Gasteiger partial charge < -0.3 is 21.3 Å². The summed E-state index contributed by atoms with van der Waals surface area (Å²) in [5.41, 5.74) is 11.2. The maximum atomic E-state index is 13.0. The molecule has 1 amide bonds. The second kappa shape index (κ2) is 4.93. The molecule has 0 radical (unpaired) electrons. The lowest BCUT2D eigenvalue weighted by Gasteiger charge is -2.34. The molecule has 4 rings (SSSR count). The number of hydrazine groups is 1. The maximum Gasteiger partial charge on any atom is 0.244 e. The van der Waals surface area contributed by atoms with Gasteiger partial charge in [0.15, 0.2) is 5.58 Å². The van der Waals surface area contributed by atoms with E-state index in [-0.39, 0.29) is 5.91 Å². The lowest BCUT2D eigenvalue weighted by molar-refractivity contribution is -0.140. The number of hydrogen-bond acceptors (Lipinski definition) is 7. The second-order valence-electron chi connectivity index (χ2n) is 7.53. The summed E-state index contributed by atoms with van der Waals surface area (Å²) in [6, 6.07) is 5.34. The van der Waals surface area contributed by atoms with E-state index in [1.807, 2.05) is 6.07 Å². The van der Waals surface area contributed by atoms with Crippen LogP contribution in [0.15, 0.2) is 22.7 Å². The third-order valence-corrected chi connectivity index (χ3v) is 6.06. The molecule has 2 heterocycles. The Hall–Kier alpha value is -1.71. The van der Waals surface area contributed by atoms with E-state index in [4.69, 9.17) is 33.4 Å². The van der Waals surface area contributed by atoms with Crippen LogP contribution in [-0.4, -0.2) is 40.2 Å². The molecule has 1 saturated heterocycles. The lowest BCUT2D eigenvalue weighted by Crippen LogP contribution is -2.54. The first kappa shape index (κ1) is 16.7. The first-order valence-electron chi connectivity index (χ1n) is 8.06. The zero-order valence-electron chi connectivity index (χ0n) is 14.0. The van der Waals surface area contributed by atoms with Crippen LogP contribution in [0.2, 0.25) is 5.02 Å². The molecule has 0 spiro atoms. The molecule has 0 bridgehead atoms. The molecule has 2 aliphatic rings. The number of carbonyl (C=O) groups excluding carboxylic acids is 1. The number of amides is 1. The predicted octanol–water partition coefficient (Wildman–Crippen LogP) is 0.0466. The van der Waals surface area contributed by atoms with Gasteiger partial charge in [0.2, 0.25) is 5.91 Å². The van der Waals surface area contributed by atoms with E-state index in [1.54, 1.807) is 26.0 Å². The van der Waals surface area contributed by atoms with Crippen LogP contribution in [0.1, 0.15) is 19.5 Å². The number of carbonyl (C=O) groups is 1. The topological polar surface area (TPSA) is 136 Å². The van der Waals surface area contributed by atoms with Gasteiger partial charge in [-0.05, 0) is 26.0 Å². The normalized spacial score (nSPS) is 31.2. The largest absolute Gasteiger partial charge is 0.354 e. The molecule has 3 atom stereocenters. The Labute approximate surface area is 149 Å². The number of benzene rings is 1. The molecule has 2 aromatic rings. The number of nitrogens with two attached hydrogens (primary N) is 3. The van der Waals surface area contributed by atoms with E-state index in [9.17, 15) is 4.79 Å². The van der Waals surface area contributed by atoms with Crippen LogP contribution >= 0.6 is 11.6 Å². The molecule has 1 aromatic carbocycles. The number of piperidine rings is 1. The van der Waals surface area contributed by atoms with Crippen LogP contribution in [-0.2, 0) is 10.3 Å². The van der Waals surface area contributed by atoms with Crippen LogP contribution in [0.25, 0.3) is 11.0 Å². The van der Waals surface area contributed by atoms with Gasteiger partial charge in [0.1, 0.15) is 5.69 Å². The molecule has 1 aliphatic carbocycles. The summed E-state index contributed by atoms with van der Waals surface area (Å²) >= 11 is 6.14. The number of rotatable bonds is 3. The highest BCUT2D eigenvalue weighted by molar-refractivity contribution is 6.34. The van der Waals surface area contributed by atoms with E-state index in [0.29, 0.717) is 34.8 Å². The SMILES string of the molecule is CC(C)(c1noc2c(Cl)cccc12)N(N)C(=O)C1[C@]2(N)CNC[C@]12N. The highest BCUT2D eigenvalue weighted by Crippen LogP contribution is 2.54. The quantitative estimate of drug-likeness (QED) is 0.343. The Bertz CT molecular complexity index is 867. The van der Waals surface area contributed by atoms with E-state index < -0.39 is 22.5 Å². The Kier molecular flexibility index (Phi) is 3.30. The predicted molar refractivity (Wildman–Crippen MR) is 93.3 cm³/mol. The summed E-state index contributed by atoms with van der Waals surface area (Å²) in [6.45, 7) is 4.59. The molecule has 25 heavy (non-hydrogen) atoms. The Morgan fingerprint density at radius 3 is 2.68 bits per heavy atom.